The van der Waals surface area contributed by atoms with E-state index in [1.54, 1.807) is 18.2 Å². The second kappa shape index (κ2) is 3.81. The lowest BCUT2D eigenvalue weighted by molar-refractivity contribution is 0.0697. The molecule has 0 saturated heterocycles. The van der Waals surface area contributed by atoms with Crippen molar-refractivity contribution in [2.75, 3.05) is 0 Å². The van der Waals surface area contributed by atoms with Crippen molar-refractivity contribution in [3.8, 4) is 5.69 Å². The van der Waals surface area contributed by atoms with Gasteiger partial charge in [-0.3, -0.25) is 0 Å². The summed E-state index contributed by atoms with van der Waals surface area (Å²) in [6, 6.07) is 6.80. The molecule has 1 N–H and O–H groups in total. The maximum atomic E-state index is 10.8. The van der Waals surface area contributed by atoms with Gasteiger partial charge in [0.05, 0.1) is 11.3 Å². The van der Waals surface area contributed by atoms with Crippen LogP contribution in [0.2, 0.25) is 0 Å². The highest BCUT2D eigenvalue weighted by Crippen LogP contribution is 2.14. The number of imidazole rings is 1. The van der Waals surface area contributed by atoms with Crippen molar-refractivity contribution in [2.45, 2.75) is 13.8 Å². The first-order valence-electron chi connectivity index (χ1n) is 4.94. The summed E-state index contributed by atoms with van der Waals surface area (Å²) in [7, 11) is 0. The van der Waals surface area contributed by atoms with Crippen LogP contribution in [-0.4, -0.2) is 20.6 Å². The molecule has 0 radical (unpaired) electrons. The molecule has 0 bridgehead atoms. The molecule has 1 aromatic heterocycles. The van der Waals surface area contributed by atoms with E-state index in [0.29, 0.717) is 0 Å². The Labute approximate surface area is 93.2 Å². The summed E-state index contributed by atoms with van der Waals surface area (Å²) in [5, 5.41) is 8.91. The molecule has 0 aliphatic rings. The van der Waals surface area contributed by atoms with Crippen molar-refractivity contribution in [3.05, 3.63) is 47.5 Å². The number of aromatic nitrogens is 2. The Kier molecular flexibility index (Phi) is 2.48. The van der Waals surface area contributed by atoms with Crippen LogP contribution in [0.1, 0.15) is 21.9 Å². The largest absolute Gasteiger partial charge is 0.478 e. The van der Waals surface area contributed by atoms with Gasteiger partial charge in [-0.1, -0.05) is 6.07 Å². The van der Waals surface area contributed by atoms with Crippen molar-refractivity contribution in [2.24, 2.45) is 0 Å². The van der Waals surface area contributed by atoms with Crippen LogP contribution in [0.5, 0.6) is 0 Å². The number of benzene rings is 1. The zero-order valence-electron chi connectivity index (χ0n) is 9.14. The summed E-state index contributed by atoms with van der Waals surface area (Å²) >= 11 is 0. The SMILES string of the molecule is Cc1cn(-c2cccc(C(=O)O)c2)c(C)n1. The fourth-order valence-electron chi connectivity index (χ4n) is 1.67. The third-order valence-corrected chi connectivity index (χ3v) is 2.37. The first-order chi connectivity index (χ1) is 7.58. The van der Waals surface area contributed by atoms with Crippen molar-refractivity contribution >= 4 is 5.97 Å². The molecule has 0 unspecified atom stereocenters. The zero-order chi connectivity index (χ0) is 11.7. The number of aryl methyl sites for hydroxylation is 2. The molecular weight excluding hydrogens is 204 g/mol. The summed E-state index contributed by atoms with van der Waals surface area (Å²) < 4.78 is 1.88. The Balaban J connectivity index is 2.52. The summed E-state index contributed by atoms with van der Waals surface area (Å²) in [4.78, 5) is 15.1. The third kappa shape index (κ3) is 1.82. The smallest absolute Gasteiger partial charge is 0.335 e. The van der Waals surface area contributed by atoms with Crippen molar-refractivity contribution in [1.82, 2.24) is 9.55 Å². The van der Waals surface area contributed by atoms with Crippen molar-refractivity contribution in [1.29, 1.82) is 0 Å². The summed E-state index contributed by atoms with van der Waals surface area (Å²) in [6.07, 6.45) is 1.89. The highest BCUT2D eigenvalue weighted by atomic mass is 16.4. The standard InChI is InChI=1S/C12H12N2O2/c1-8-7-14(9(2)13-8)11-5-3-4-10(6-11)12(15)16/h3-7H,1-2H3,(H,15,16). The predicted molar refractivity (Wildman–Crippen MR) is 60.0 cm³/mol. The number of rotatable bonds is 2. The van der Waals surface area contributed by atoms with E-state index >= 15 is 0 Å². The molecule has 0 spiro atoms. The minimum Gasteiger partial charge on any atom is -0.478 e. The summed E-state index contributed by atoms with van der Waals surface area (Å²) in [5.74, 6) is -0.0728. The van der Waals surface area contributed by atoms with E-state index in [1.807, 2.05) is 30.7 Å². The molecule has 4 nitrogen and oxygen atoms in total. The van der Waals surface area contributed by atoms with Gasteiger partial charge in [0.2, 0.25) is 0 Å². The van der Waals surface area contributed by atoms with Gasteiger partial charge in [0.1, 0.15) is 5.82 Å². The van der Waals surface area contributed by atoms with E-state index in [2.05, 4.69) is 4.98 Å². The second-order valence-electron chi connectivity index (χ2n) is 3.65. The number of carboxylic acid groups (broad SMARTS) is 1. The zero-order valence-corrected chi connectivity index (χ0v) is 9.14. The van der Waals surface area contributed by atoms with E-state index < -0.39 is 5.97 Å². The van der Waals surface area contributed by atoms with Crippen molar-refractivity contribution < 1.29 is 9.90 Å². The topological polar surface area (TPSA) is 55.1 Å². The Bertz CT molecular complexity index is 544. The van der Waals surface area contributed by atoms with Gasteiger partial charge < -0.3 is 9.67 Å². The highest BCUT2D eigenvalue weighted by Gasteiger charge is 2.06. The molecule has 0 aliphatic heterocycles. The molecule has 0 aliphatic carbocycles. The lowest BCUT2D eigenvalue weighted by Gasteiger charge is -2.05. The fourth-order valence-corrected chi connectivity index (χ4v) is 1.67. The van der Waals surface area contributed by atoms with Crippen LogP contribution in [0.4, 0.5) is 0 Å². The van der Waals surface area contributed by atoms with Gasteiger partial charge in [0, 0.05) is 11.9 Å². The lowest BCUT2D eigenvalue weighted by Crippen LogP contribution is -2.00. The quantitative estimate of drug-likeness (QED) is 0.837. The first-order valence-corrected chi connectivity index (χ1v) is 4.94. The first kappa shape index (κ1) is 10.4. The molecule has 16 heavy (non-hydrogen) atoms. The second-order valence-corrected chi connectivity index (χ2v) is 3.65. The average molecular weight is 216 g/mol. The van der Waals surface area contributed by atoms with Crippen LogP contribution in [0, 0.1) is 13.8 Å². The lowest BCUT2D eigenvalue weighted by atomic mass is 10.2. The van der Waals surface area contributed by atoms with Gasteiger partial charge >= 0.3 is 5.97 Å². The number of nitrogens with zero attached hydrogens (tertiary/aromatic N) is 2. The molecule has 1 heterocycles. The number of carbonyl (C=O) groups is 1. The fraction of sp³-hybridized carbons (Fsp3) is 0.167. The van der Waals surface area contributed by atoms with Gasteiger partial charge in [-0.2, -0.15) is 0 Å². The Morgan fingerprint density at radius 3 is 2.69 bits per heavy atom. The third-order valence-electron chi connectivity index (χ3n) is 2.37. The van der Waals surface area contributed by atoms with E-state index in [9.17, 15) is 4.79 Å². The van der Waals surface area contributed by atoms with Gasteiger partial charge in [-0.25, -0.2) is 9.78 Å². The molecule has 0 saturated carbocycles. The molecule has 82 valence electrons. The van der Waals surface area contributed by atoms with E-state index in [-0.39, 0.29) is 5.56 Å². The minimum atomic E-state index is -0.920. The van der Waals surface area contributed by atoms with Crippen LogP contribution in [0.25, 0.3) is 5.69 Å². The molecule has 0 atom stereocenters. The maximum Gasteiger partial charge on any atom is 0.335 e. The Morgan fingerprint density at radius 2 is 2.12 bits per heavy atom. The highest BCUT2D eigenvalue weighted by molar-refractivity contribution is 5.88. The number of hydrogen-bond donors (Lipinski definition) is 1. The monoisotopic (exact) mass is 216 g/mol. The van der Waals surface area contributed by atoms with E-state index in [1.165, 1.54) is 0 Å². The van der Waals surface area contributed by atoms with E-state index in [0.717, 1.165) is 17.2 Å². The average Bonchev–Trinajstić information content (AvgIpc) is 2.58. The molecule has 2 rings (SSSR count). The maximum absolute atomic E-state index is 10.8. The Morgan fingerprint density at radius 1 is 1.38 bits per heavy atom. The molecular formula is C12H12N2O2. The van der Waals surface area contributed by atoms with Gasteiger partial charge in [0.25, 0.3) is 0 Å². The number of carboxylic acids is 1. The molecule has 4 heteroatoms. The summed E-state index contributed by atoms with van der Waals surface area (Å²) in [6.45, 7) is 3.80. The molecule has 2 aromatic rings. The van der Waals surface area contributed by atoms with Gasteiger partial charge in [-0.05, 0) is 32.0 Å². The van der Waals surface area contributed by atoms with Crippen molar-refractivity contribution in [3.63, 3.8) is 0 Å². The molecule has 0 fully saturated rings. The predicted octanol–water partition coefficient (Wildman–Crippen LogP) is 2.19. The van der Waals surface area contributed by atoms with Gasteiger partial charge in [-0.15, -0.1) is 0 Å². The minimum absolute atomic E-state index is 0.281. The molecule has 1 aromatic carbocycles. The van der Waals surface area contributed by atoms with Gasteiger partial charge in [0.15, 0.2) is 0 Å². The molecule has 0 amide bonds. The van der Waals surface area contributed by atoms with Crippen LogP contribution >= 0.6 is 0 Å². The Hall–Kier alpha value is -2.10. The normalized spacial score (nSPS) is 10.4. The number of hydrogen-bond acceptors (Lipinski definition) is 2. The van der Waals surface area contributed by atoms with Crippen LogP contribution in [0.15, 0.2) is 30.5 Å². The number of aromatic carboxylic acids is 1. The van der Waals surface area contributed by atoms with E-state index in [4.69, 9.17) is 5.11 Å². The summed E-state index contributed by atoms with van der Waals surface area (Å²) in [5.41, 5.74) is 2.01. The van der Waals surface area contributed by atoms with Crippen LogP contribution in [-0.2, 0) is 0 Å². The van der Waals surface area contributed by atoms with Crippen LogP contribution < -0.4 is 0 Å². The van der Waals surface area contributed by atoms with Crippen LogP contribution in [0.3, 0.4) is 0 Å².